The van der Waals surface area contributed by atoms with Crippen molar-refractivity contribution in [2.24, 2.45) is 5.92 Å². The van der Waals surface area contributed by atoms with Crippen LogP contribution in [-0.2, 0) is 10.0 Å². The van der Waals surface area contributed by atoms with Crippen LogP contribution in [-0.4, -0.2) is 44.6 Å². The van der Waals surface area contributed by atoms with Crippen LogP contribution >= 0.6 is 0 Å². The Hall–Kier alpha value is -1.11. The molecule has 1 fully saturated rings. The Kier molecular flexibility index (Phi) is 3.89. The first-order valence-corrected chi connectivity index (χ1v) is 7.41. The van der Waals surface area contributed by atoms with Crippen LogP contribution in [0.1, 0.15) is 6.42 Å². The Morgan fingerprint density at radius 3 is 2.78 bits per heavy atom. The number of rotatable bonds is 4. The number of aliphatic hydroxyl groups excluding tert-OH is 1. The molecule has 1 saturated heterocycles. The van der Waals surface area contributed by atoms with Crippen molar-refractivity contribution < 1.29 is 13.5 Å². The van der Waals surface area contributed by atoms with E-state index in [0.717, 1.165) is 6.42 Å². The Bertz CT molecular complexity index is 516. The monoisotopic (exact) mass is 270 g/mol. The number of nitrogens with zero attached hydrogens (tertiary/aromatic N) is 1. The van der Waals surface area contributed by atoms with Gasteiger partial charge < -0.3 is 10.4 Å². The molecule has 100 valence electrons. The Labute approximate surface area is 107 Å². The van der Waals surface area contributed by atoms with E-state index in [1.165, 1.54) is 4.31 Å². The Balaban J connectivity index is 2.31. The molecule has 1 aromatic rings. The molecule has 0 saturated carbocycles. The smallest absolute Gasteiger partial charge is 0.245 e. The van der Waals surface area contributed by atoms with E-state index in [4.69, 9.17) is 5.11 Å². The van der Waals surface area contributed by atoms with E-state index in [-0.39, 0.29) is 12.5 Å². The zero-order valence-electron chi connectivity index (χ0n) is 10.3. The van der Waals surface area contributed by atoms with Gasteiger partial charge in [-0.2, -0.15) is 4.31 Å². The fraction of sp³-hybridized carbons (Fsp3) is 0.500. The number of hydrogen-bond acceptors (Lipinski definition) is 4. The molecule has 2 N–H and O–H groups in total. The summed E-state index contributed by atoms with van der Waals surface area (Å²) in [5, 5.41) is 12.0. The SMILES string of the molecule is CNc1ccccc1S(=O)(=O)N1CCC(CO)C1. The van der Waals surface area contributed by atoms with E-state index in [0.29, 0.717) is 23.7 Å². The van der Waals surface area contributed by atoms with Crippen molar-refractivity contribution in [2.45, 2.75) is 11.3 Å². The van der Waals surface area contributed by atoms with Gasteiger partial charge in [-0.3, -0.25) is 0 Å². The molecule has 6 heteroatoms. The highest BCUT2D eigenvalue weighted by molar-refractivity contribution is 7.89. The lowest BCUT2D eigenvalue weighted by Gasteiger charge is -2.18. The average molecular weight is 270 g/mol. The third-order valence-electron chi connectivity index (χ3n) is 3.28. The second kappa shape index (κ2) is 5.26. The first kappa shape index (κ1) is 13.3. The van der Waals surface area contributed by atoms with Gasteiger partial charge in [-0.15, -0.1) is 0 Å². The topological polar surface area (TPSA) is 69.6 Å². The van der Waals surface area contributed by atoms with Crippen LogP contribution in [0.3, 0.4) is 0 Å². The highest BCUT2D eigenvalue weighted by atomic mass is 32.2. The van der Waals surface area contributed by atoms with Crippen molar-refractivity contribution >= 4 is 15.7 Å². The molecule has 1 aliphatic rings. The summed E-state index contributed by atoms with van der Waals surface area (Å²) in [6.07, 6.45) is 0.720. The van der Waals surface area contributed by atoms with Gasteiger partial charge in [-0.05, 0) is 24.5 Å². The van der Waals surface area contributed by atoms with Crippen LogP contribution in [0.5, 0.6) is 0 Å². The maximum absolute atomic E-state index is 12.5. The standard InChI is InChI=1S/C12H18N2O3S/c1-13-11-4-2-3-5-12(11)18(16,17)14-7-6-10(8-14)9-15/h2-5,10,13,15H,6-9H2,1H3. The van der Waals surface area contributed by atoms with Crippen molar-refractivity contribution in [3.8, 4) is 0 Å². The zero-order chi connectivity index (χ0) is 13.2. The molecule has 1 atom stereocenters. The van der Waals surface area contributed by atoms with Gasteiger partial charge in [-0.1, -0.05) is 12.1 Å². The number of hydrogen-bond donors (Lipinski definition) is 2. The lowest BCUT2D eigenvalue weighted by atomic mass is 10.1. The Morgan fingerprint density at radius 1 is 1.44 bits per heavy atom. The van der Waals surface area contributed by atoms with E-state index in [1.807, 2.05) is 0 Å². The van der Waals surface area contributed by atoms with E-state index in [9.17, 15) is 8.42 Å². The minimum Gasteiger partial charge on any atom is -0.396 e. The summed E-state index contributed by atoms with van der Waals surface area (Å²) in [4.78, 5) is 0.297. The lowest BCUT2D eigenvalue weighted by Crippen LogP contribution is -2.29. The molecule has 1 aromatic carbocycles. The van der Waals surface area contributed by atoms with E-state index in [2.05, 4.69) is 5.32 Å². The van der Waals surface area contributed by atoms with Crippen LogP contribution in [0.15, 0.2) is 29.2 Å². The van der Waals surface area contributed by atoms with Crippen molar-refractivity contribution in [1.29, 1.82) is 0 Å². The molecular formula is C12H18N2O3S. The number of nitrogens with one attached hydrogen (secondary N) is 1. The molecule has 0 bridgehead atoms. The summed E-state index contributed by atoms with van der Waals surface area (Å²) in [6.45, 7) is 0.919. The van der Waals surface area contributed by atoms with Crippen molar-refractivity contribution in [3.63, 3.8) is 0 Å². The molecule has 0 amide bonds. The fourth-order valence-electron chi connectivity index (χ4n) is 2.20. The van der Waals surface area contributed by atoms with Gasteiger partial charge in [0.15, 0.2) is 0 Å². The predicted molar refractivity (Wildman–Crippen MR) is 69.9 cm³/mol. The van der Waals surface area contributed by atoms with Gasteiger partial charge in [0.1, 0.15) is 4.90 Å². The number of para-hydroxylation sites is 1. The van der Waals surface area contributed by atoms with Gasteiger partial charge in [0, 0.05) is 26.7 Å². The lowest BCUT2D eigenvalue weighted by molar-refractivity contribution is 0.233. The number of aliphatic hydroxyl groups is 1. The quantitative estimate of drug-likeness (QED) is 0.846. The molecule has 2 rings (SSSR count). The normalized spacial score (nSPS) is 21.1. The minimum atomic E-state index is -3.46. The first-order chi connectivity index (χ1) is 8.59. The highest BCUT2D eigenvalue weighted by Crippen LogP contribution is 2.28. The summed E-state index contributed by atoms with van der Waals surface area (Å²) in [5.74, 6) is 0.0570. The zero-order valence-corrected chi connectivity index (χ0v) is 11.2. The van der Waals surface area contributed by atoms with Crippen LogP contribution in [0.2, 0.25) is 0 Å². The van der Waals surface area contributed by atoms with Crippen molar-refractivity contribution in [3.05, 3.63) is 24.3 Å². The molecule has 1 aliphatic heterocycles. The minimum absolute atomic E-state index is 0.0414. The fourth-order valence-corrected chi connectivity index (χ4v) is 3.93. The maximum Gasteiger partial charge on any atom is 0.245 e. The van der Waals surface area contributed by atoms with Gasteiger partial charge >= 0.3 is 0 Å². The van der Waals surface area contributed by atoms with Gasteiger partial charge in [0.25, 0.3) is 0 Å². The second-order valence-electron chi connectivity index (χ2n) is 4.45. The summed E-state index contributed by atoms with van der Waals surface area (Å²) in [5.41, 5.74) is 0.602. The summed E-state index contributed by atoms with van der Waals surface area (Å²) < 4.78 is 26.4. The molecule has 18 heavy (non-hydrogen) atoms. The number of anilines is 1. The maximum atomic E-state index is 12.5. The van der Waals surface area contributed by atoms with Gasteiger partial charge in [0.05, 0.1) is 5.69 Å². The molecule has 0 spiro atoms. The average Bonchev–Trinajstić information content (AvgIpc) is 2.88. The third-order valence-corrected chi connectivity index (χ3v) is 5.20. The van der Waals surface area contributed by atoms with E-state index >= 15 is 0 Å². The van der Waals surface area contributed by atoms with Gasteiger partial charge in [-0.25, -0.2) is 8.42 Å². The van der Waals surface area contributed by atoms with Crippen molar-refractivity contribution in [1.82, 2.24) is 4.31 Å². The molecule has 0 radical (unpaired) electrons. The number of sulfonamides is 1. The molecule has 0 aromatic heterocycles. The highest BCUT2D eigenvalue weighted by Gasteiger charge is 2.33. The van der Waals surface area contributed by atoms with Crippen LogP contribution in [0.4, 0.5) is 5.69 Å². The third kappa shape index (κ3) is 2.36. The molecule has 5 nitrogen and oxygen atoms in total. The molecule has 1 unspecified atom stereocenters. The molecular weight excluding hydrogens is 252 g/mol. The molecule has 1 heterocycles. The van der Waals surface area contributed by atoms with Gasteiger partial charge in [0.2, 0.25) is 10.0 Å². The van der Waals surface area contributed by atoms with Crippen LogP contribution in [0, 0.1) is 5.92 Å². The summed E-state index contributed by atoms with van der Waals surface area (Å²) in [6, 6.07) is 6.86. The number of benzene rings is 1. The Morgan fingerprint density at radius 2 is 2.17 bits per heavy atom. The van der Waals surface area contributed by atoms with E-state index in [1.54, 1.807) is 31.3 Å². The van der Waals surface area contributed by atoms with Crippen LogP contribution < -0.4 is 5.32 Å². The molecule has 0 aliphatic carbocycles. The largest absolute Gasteiger partial charge is 0.396 e. The first-order valence-electron chi connectivity index (χ1n) is 5.97. The van der Waals surface area contributed by atoms with E-state index < -0.39 is 10.0 Å². The predicted octanol–water partition coefficient (Wildman–Crippen LogP) is 0.731. The summed E-state index contributed by atoms with van der Waals surface area (Å²) >= 11 is 0. The summed E-state index contributed by atoms with van der Waals surface area (Å²) in [7, 11) is -1.76. The second-order valence-corrected chi connectivity index (χ2v) is 6.35. The van der Waals surface area contributed by atoms with Crippen molar-refractivity contribution in [2.75, 3.05) is 32.1 Å². The van der Waals surface area contributed by atoms with Crippen LogP contribution in [0.25, 0.3) is 0 Å².